The molecule has 3 amide bonds. The summed E-state index contributed by atoms with van der Waals surface area (Å²) in [4.78, 5) is 53.8. The van der Waals surface area contributed by atoms with Crippen molar-refractivity contribution in [1.29, 1.82) is 0 Å². The molecular weight excluding hydrogens is 442 g/mol. The van der Waals surface area contributed by atoms with Crippen molar-refractivity contribution in [2.45, 2.75) is 85.0 Å². The van der Waals surface area contributed by atoms with Crippen LogP contribution < -0.4 is 33.2 Å². The van der Waals surface area contributed by atoms with Gasteiger partial charge in [0, 0.05) is 6.54 Å². The van der Waals surface area contributed by atoms with Crippen molar-refractivity contribution in [3.05, 3.63) is 0 Å². The Labute approximate surface area is 201 Å². The van der Waals surface area contributed by atoms with Gasteiger partial charge < -0.3 is 38.3 Å². The zero-order chi connectivity index (χ0) is 26.6. The number of aliphatic imine (C=N–C) groups is 1. The molecule has 12 nitrogen and oxygen atoms in total. The highest BCUT2D eigenvalue weighted by Crippen LogP contribution is 2.10. The summed E-state index contributed by atoms with van der Waals surface area (Å²) < 4.78 is 0. The van der Waals surface area contributed by atoms with Gasteiger partial charge in [-0.25, -0.2) is 4.79 Å². The fourth-order valence-electron chi connectivity index (χ4n) is 3.09. The Morgan fingerprint density at radius 2 is 1.35 bits per heavy atom. The van der Waals surface area contributed by atoms with Crippen LogP contribution in [0.25, 0.3) is 0 Å². The molecule has 12 heteroatoms. The first-order chi connectivity index (χ1) is 15.7. The molecule has 0 aliphatic heterocycles. The van der Waals surface area contributed by atoms with Gasteiger partial charge in [-0.3, -0.25) is 19.4 Å². The van der Waals surface area contributed by atoms with E-state index in [0.717, 1.165) is 0 Å². The zero-order valence-electron chi connectivity index (χ0n) is 21.1. The van der Waals surface area contributed by atoms with E-state index in [1.807, 2.05) is 13.8 Å². The van der Waals surface area contributed by atoms with Gasteiger partial charge >= 0.3 is 5.97 Å². The number of nitrogens with one attached hydrogen (secondary N) is 3. The van der Waals surface area contributed by atoms with Crippen LogP contribution in [0, 0.1) is 17.8 Å². The molecule has 0 saturated carbocycles. The van der Waals surface area contributed by atoms with Gasteiger partial charge in [-0.05, 0) is 37.0 Å². The number of nitrogens with two attached hydrogens (primary N) is 3. The molecule has 4 unspecified atom stereocenters. The highest BCUT2D eigenvalue weighted by molar-refractivity contribution is 5.94. The number of hydrogen-bond acceptors (Lipinski definition) is 6. The number of hydrogen-bond donors (Lipinski definition) is 7. The second kappa shape index (κ2) is 15.1. The van der Waals surface area contributed by atoms with Crippen molar-refractivity contribution in [3.8, 4) is 0 Å². The van der Waals surface area contributed by atoms with Gasteiger partial charge in [0.15, 0.2) is 5.96 Å². The number of carboxylic acids is 1. The predicted octanol–water partition coefficient (Wildman–Crippen LogP) is -0.736. The van der Waals surface area contributed by atoms with Gasteiger partial charge in [-0.1, -0.05) is 41.5 Å². The summed E-state index contributed by atoms with van der Waals surface area (Å²) >= 11 is 0. The third-order valence-corrected chi connectivity index (χ3v) is 5.17. The highest BCUT2D eigenvalue weighted by Gasteiger charge is 2.31. The molecule has 0 rings (SSSR count). The van der Waals surface area contributed by atoms with Gasteiger partial charge in [-0.15, -0.1) is 0 Å². The van der Waals surface area contributed by atoms with Gasteiger partial charge in [0.25, 0.3) is 0 Å². The SMILES string of the molecule is CC(C)CC(NC(=O)C(CCCN=C(N)N)NC(=O)C(N)C(C)C)C(=O)NC(C(=O)O)C(C)C. The van der Waals surface area contributed by atoms with Crippen LogP contribution in [0.4, 0.5) is 0 Å². The molecule has 0 bridgehead atoms. The maximum atomic E-state index is 13.1. The Morgan fingerprint density at radius 1 is 0.824 bits per heavy atom. The lowest BCUT2D eigenvalue weighted by Crippen LogP contribution is -2.58. The van der Waals surface area contributed by atoms with Crippen molar-refractivity contribution >= 4 is 29.7 Å². The van der Waals surface area contributed by atoms with Crippen molar-refractivity contribution < 1.29 is 24.3 Å². The lowest BCUT2D eigenvalue weighted by molar-refractivity contribution is -0.143. The van der Waals surface area contributed by atoms with Crippen LogP contribution in [0.1, 0.15) is 60.8 Å². The predicted molar refractivity (Wildman–Crippen MR) is 130 cm³/mol. The largest absolute Gasteiger partial charge is 0.480 e. The minimum atomic E-state index is -1.16. The molecule has 196 valence electrons. The third kappa shape index (κ3) is 11.8. The second-order valence-electron chi connectivity index (χ2n) is 9.54. The lowest BCUT2D eigenvalue weighted by Gasteiger charge is -2.27. The van der Waals surface area contributed by atoms with E-state index in [-0.39, 0.29) is 43.1 Å². The number of carbonyl (C=O) groups excluding carboxylic acids is 3. The maximum absolute atomic E-state index is 13.1. The number of aliphatic carboxylic acids is 1. The Kier molecular flexibility index (Phi) is 13.8. The highest BCUT2D eigenvalue weighted by atomic mass is 16.4. The van der Waals surface area contributed by atoms with Crippen LogP contribution in [0.3, 0.4) is 0 Å². The molecule has 10 N–H and O–H groups in total. The second-order valence-corrected chi connectivity index (χ2v) is 9.54. The van der Waals surface area contributed by atoms with E-state index >= 15 is 0 Å². The summed E-state index contributed by atoms with van der Waals surface area (Å²) in [6.07, 6.45) is 0.879. The summed E-state index contributed by atoms with van der Waals surface area (Å²) in [6, 6.07) is -3.87. The van der Waals surface area contributed by atoms with E-state index < -0.39 is 47.9 Å². The number of carboxylic acid groups (broad SMARTS) is 1. The Balaban J connectivity index is 5.60. The average molecular weight is 486 g/mol. The standard InChI is InChI=1S/C22H43N7O5/c1-11(2)10-15(19(31)29-17(13(5)6)21(33)34)28-18(30)14(8-7-9-26-22(24)25)27-20(32)16(23)12(3)4/h11-17H,7-10,23H2,1-6H3,(H,27,32)(H,28,30)(H,29,31)(H,33,34)(H4,24,25,26). The molecule has 0 fully saturated rings. The van der Waals surface area contributed by atoms with Gasteiger partial charge in [-0.2, -0.15) is 0 Å². The molecule has 0 heterocycles. The number of amides is 3. The molecular formula is C22H43N7O5. The first-order valence-corrected chi connectivity index (χ1v) is 11.6. The van der Waals surface area contributed by atoms with Crippen LogP contribution in [-0.4, -0.2) is 65.5 Å². The van der Waals surface area contributed by atoms with Crippen LogP contribution in [0.15, 0.2) is 4.99 Å². The molecule has 4 atom stereocenters. The topological polar surface area (TPSA) is 215 Å². The monoisotopic (exact) mass is 485 g/mol. The average Bonchev–Trinajstić information content (AvgIpc) is 2.71. The zero-order valence-corrected chi connectivity index (χ0v) is 21.1. The molecule has 0 aromatic carbocycles. The quantitative estimate of drug-likeness (QED) is 0.0888. The third-order valence-electron chi connectivity index (χ3n) is 5.17. The summed E-state index contributed by atoms with van der Waals surface area (Å²) in [5, 5.41) is 17.2. The first kappa shape index (κ1) is 31.1. The first-order valence-electron chi connectivity index (χ1n) is 11.6. The number of rotatable bonds is 15. The maximum Gasteiger partial charge on any atom is 0.326 e. The minimum absolute atomic E-state index is 0.0302. The molecule has 0 radical (unpaired) electrons. The Morgan fingerprint density at radius 3 is 1.79 bits per heavy atom. The van der Waals surface area contributed by atoms with E-state index in [9.17, 15) is 24.3 Å². The molecule has 0 aliphatic carbocycles. The van der Waals surface area contributed by atoms with E-state index in [2.05, 4.69) is 20.9 Å². The number of carbonyl (C=O) groups is 4. The number of guanidine groups is 1. The molecule has 0 spiro atoms. The van der Waals surface area contributed by atoms with Crippen molar-refractivity contribution in [2.75, 3.05) is 6.54 Å². The normalized spacial score (nSPS) is 14.8. The van der Waals surface area contributed by atoms with Crippen LogP contribution in [0.2, 0.25) is 0 Å². The minimum Gasteiger partial charge on any atom is -0.480 e. The molecule has 0 aliphatic rings. The van der Waals surface area contributed by atoms with Gasteiger partial charge in [0.1, 0.15) is 18.1 Å². The summed E-state index contributed by atoms with van der Waals surface area (Å²) in [7, 11) is 0. The smallest absolute Gasteiger partial charge is 0.326 e. The summed E-state index contributed by atoms with van der Waals surface area (Å²) in [5.41, 5.74) is 16.6. The molecule has 0 aromatic rings. The molecule has 0 aromatic heterocycles. The van der Waals surface area contributed by atoms with E-state index in [1.165, 1.54) is 0 Å². The van der Waals surface area contributed by atoms with E-state index in [1.54, 1.807) is 27.7 Å². The fraction of sp³-hybridized carbons (Fsp3) is 0.773. The summed E-state index contributed by atoms with van der Waals surface area (Å²) in [6.45, 7) is 10.9. The molecule has 0 saturated heterocycles. The van der Waals surface area contributed by atoms with Gasteiger partial charge in [0.2, 0.25) is 17.7 Å². The molecule has 34 heavy (non-hydrogen) atoms. The Hall–Kier alpha value is -2.89. The van der Waals surface area contributed by atoms with Gasteiger partial charge in [0.05, 0.1) is 6.04 Å². The Bertz CT molecular complexity index is 720. The fourth-order valence-corrected chi connectivity index (χ4v) is 3.09. The summed E-state index contributed by atoms with van der Waals surface area (Å²) in [5.74, 6) is -3.39. The lowest BCUT2D eigenvalue weighted by atomic mass is 9.99. The van der Waals surface area contributed by atoms with E-state index in [0.29, 0.717) is 6.42 Å². The van der Waals surface area contributed by atoms with Crippen LogP contribution in [-0.2, 0) is 19.2 Å². The van der Waals surface area contributed by atoms with Crippen molar-refractivity contribution in [3.63, 3.8) is 0 Å². The van der Waals surface area contributed by atoms with Crippen molar-refractivity contribution in [1.82, 2.24) is 16.0 Å². The van der Waals surface area contributed by atoms with Crippen LogP contribution in [0.5, 0.6) is 0 Å². The number of nitrogens with zero attached hydrogens (tertiary/aromatic N) is 1. The van der Waals surface area contributed by atoms with Crippen LogP contribution >= 0.6 is 0 Å². The van der Waals surface area contributed by atoms with Crippen molar-refractivity contribution in [2.24, 2.45) is 39.9 Å². The van der Waals surface area contributed by atoms with E-state index in [4.69, 9.17) is 17.2 Å².